The Labute approximate surface area is 140 Å². The smallest absolute Gasteiger partial charge is 0.340 e. The zero-order valence-electron chi connectivity index (χ0n) is 14.1. The molecular formula is C18H20N2O4. The van der Waals surface area contributed by atoms with Crippen LogP contribution in [0.1, 0.15) is 56.3 Å². The molecule has 0 radical (unpaired) electrons. The number of ketones is 1. The minimum Gasteiger partial charge on any atom is -0.462 e. The number of esters is 1. The van der Waals surface area contributed by atoms with Crippen LogP contribution >= 0.6 is 0 Å². The Balaban J connectivity index is 2.34. The largest absolute Gasteiger partial charge is 0.462 e. The molecule has 2 aromatic rings. The molecule has 0 spiro atoms. The number of Topliss-reactive ketones (excluding diaryl/α,β-unsaturated/α-hetero) is 1. The highest BCUT2D eigenvalue weighted by Crippen LogP contribution is 2.22. The maximum Gasteiger partial charge on any atom is 0.340 e. The highest BCUT2D eigenvalue weighted by Gasteiger charge is 2.23. The number of anilines is 1. The van der Waals surface area contributed by atoms with E-state index in [0.717, 1.165) is 0 Å². The number of aromatic amines is 1. The molecule has 0 aliphatic rings. The van der Waals surface area contributed by atoms with Gasteiger partial charge in [-0.1, -0.05) is 12.1 Å². The lowest BCUT2D eigenvalue weighted by atomic mass is 10.1. The maximum atomic E-state index is 12.5. The van der Waals surface area contributed by atoms with E-state index in [-0.39, 0.29) is 18.1 Å². The van der Waals surface area contributed by atoms with E-state index in [1.54, 1.807) is 45.0 Å². The van der Waals surface area contributed by atoms with Gasteiger partial charge in [0.05, 0.1) is 17.9 Å². The summed E-state index contributed by atoms with van der Waals surface area (Å²) in [6.07, 6.45) is 0. The molecule has 1 aromatic carbocycles. The molecule has 1 heterocycles. The summed E-state index contributed by atoms with van der Waals surface area (Å²) in [5, 5.41) is 2.72. The van der Waals surface area contributed by atoms with Crippen molar-refractivity contribution in [2.75, 3.05) is 11.9 Å². The van der Waals surface area contributed by atoms with E-state index >= 15 is 0 Å². The molecule has 126 valence electrons. The third kappa shape index (κ3) is 3.37. The third-order valence-electron chi connectivity index (χ3n) is 3.70. The van der Waals surface area contributed by atoms with Gasteiger partial charge in [0.15, 0.2) is 5.78 Å². The molecule has 1 amide bonds. The molecule has 0 aliphatic carbocycles. The SMILES string of the molecule is CCOC(=O)c1c(C)[nH]c(C(=O)Nc2ccccc2C(C)=O)c1C. The van der Waals surface area contributed by atoms with Gasteiger partial charge in [-0.15, -0.1) is 0 Å². The van der Waals surface area contributed by atoms with E-state index in [9.17, 15) is 14.4 Å². The standard InChI is InChI=1S/C18H20N2O4/c1-5-24-18(23)15-10(2)16(19-11(15)3)17(22)20-14-9-7-6-8-13(14)12(4)21/h6-9,19H,5H2,1-4H3,(H,20,22). The molecule has 6 nitrogen and oxygen atoms in total. The van der Waals surface area contributed by atoms with Gasteiger partial charge in [-0.3, -0.25) is 9.59 Å². The lowest BCUT2D eigenvalue weighted by Gasteiger charge is -2.09. The van der Waals surface area contributed by atoms with Crippen LogP contribution in [-0.2, 0) is 4.74 Å². The number of aryl methyl sites for hydroxylation is 1. The van der Waals surface area contributed by atoms with Crippen LogP contribution in [0.2, 0.25) is 0 Å². The fraction of sp³-hybridized carbons (Fsp3) is 0.278. The summed E-state index contributed by atoms with van der Waals surface area (Å²) in [5.74, 6) is -1.02. The molecule has 24 heavy (non-hydrogen) atoms. The lowest BCUT2D eigenvalue weighted by molar-refractivity contribution is 0.0525. The quantitative estimate of drug-likeness (QED) is 0.651. The topological polar surface area (TPSA) is 88.3 Å². The molecule has 1 aromatic heterocycles. The third-order valence-corrected chi connectivity index (χ3v) is 3.70. The van der Waals surface area contributed by atoms with Crippen LogP contribution in [0.15, 0.2) is 24.3 Å². The van der Waals surface area contributed by atoms with E-state index < -0.39 is 11.9 Å². The number of nitrogens with one attached hydrogen (secondary N) is 2. The Morgan fingerprint density at radius 3 is 2.46 bits per heavy atom. The van der Waals surface area contributed by atoms with Gasteiger partial charge in [0.2, 0.25) is 0 Å². The summed E-state index contributed by atoms with van der Waals surface area (Å²) < 4.78 is 5.02. The minimum atomic E-state index is -0.466. The monoisotopic (exact) mass is 328 g/mol. The molecule has 6 heteroatoms. The normalized spacial score (nSPS) is 10.3. The molecule has 0 bridgehead atoms. The van der Waals surface area contributed by atoms with Crippen molar-refractivity contribution in [3.8, 4) is 0 Å². The number of ether oxygens (including phenoxy) is 1. The van der Waals surface area contributed by atoms with Crippen molar-refractivity contribution in [2.45, 2.75) is 27.7 Å². The van der Waals surface area contributed by atoms with Crippen molar-refractivity contribution in [3.63, 3.8) is 0 Å². The van der Waals surface area contributed by atoms with Gasteiger partial charge >= 0.3 is 5.97 Å². The number of para-hydroxylation sites is 1. The molecule has 0 saturated heterocycles. The second-order valence-electron chi connectivity index (χ2n) is 5.40. The Kier molecular flexibility index (Phi) is 5.18. The number of hydrogen-bond acceptors (Lipinski definition) is 4. The number of rotatable bonds is 5. The Hall–Kier alpha value is -2.89. The van der Waals surface area contributed by atoms with Gasteiger partial charge in [0, 0.05) is 11.3 Å². The lowest BCUT2D eigenvalue weighted by Crippen LogP contribution is -2.16. The summed E-state index contributed by atoms with van der Waals surface area (Å²) in [6, 6.07) is 6.77. The number of carbonyl (C=O) groups is 3. The fourth-order valence-corrected chi connectivity index (χ4v) is 2.57. The van der Waals surface area contributed by atoms with Gasteiger partial charge in [0.25, 0.3) is 5.91 Å². The van der Waals surface area contributed by atoms with Crippen LogP contribution < -0.4 is 5.32 Å². The molecule has 2 N–H and O–H groups in total. The first-order chi connectivity index (χ1) is 11.4. The molecule has 0 atom stereocenters. The zero-order chi connectivity index (χ0) is 17.9. The van der Waals surface area contributed by atoms with E-state index in [1.807, 2.05) is 0 Å². The number of aromatic nitrogens is 1. The Morgan fingerprint density at radius 1 is 1.17 bits per heavy atom. The average molecular weight is 328 g/mol. The van der Waals surface area contributed by atoms with Crippen molar-refractivity contribution in [1.29, 1.82) is 0 Å². The van der Waals surface area contributed by atoms with Crippen molar-refractivity contribution >= 4 is 23.3 Å². The van der Waals surface area contributed by atoms with Gasteiger partial charge in [-0.05, 0) is 45.4 Å². The first kappa shape index (κ1) is 17.5. The zero-order valence-corrected chi connectivity index (χ0v) is 14.1. The maximum absolute atomic E-state index is 12.5. The van der Waals surface area contributed by atoms with Crippen molar-refractivity contribution in [1.82, 2.24) is 4.98 Å². The number of hydrogen-bond donors (Lipinski definition) is 2. The van der Waals surface area contributed by atoms with Crippen LogP contribution in [0.5, 0.6) is 0 Å². The predicted octanol–water partition coefficient (Wildman–Crippen LogP) is 3.26. The van der Waals surface area contributed by atoms with Crippen LogP contribution in [0.3, 0.4) is 0 Å². The summed E-state index contributed by atoms with van der Waals surface area (Å²) in [6.45, 7) is 6.81. The van der Waals surface area contributed by atoms with Crippen LogP contribution in [0, 0.1) is 13.8 Å². The van der Waals surface area contributed by atoms with Crippen molar-refractivity contribution in [2.24, 2.45) is 0 Å². The van der Waals surface area contributed by atoms with Crippen LogP contribution in [0.4, 0.5) is 5.69 Å². The molecule has 2 rings (SSSR count). The second-order valence-corrected chi connectivity index (χ2v) is 5.40. The van der Waals surface area contributed by atoms with Gasteiger partial charge in [0.1, 0.15) is 5.69 Å². The Bertz CT molecular complexity index is 805. The molecular weight excluding hydrogens is 308 g/mol. The first-order valence-corrected chi connectivity index (χ1v) is 7.64. The van der Waals surface area contributed by atoms with Crippen molar-refractivity contribution < 1.29 is 19.1 Å². The molecule has 0 saturated carbocycles. The second kappa shape index (κ2) is 7.12. The van der Waals surface area contributed by atoms with Gasteiger partial charge in [-0.2, -0.15) is 0 Å². The molecule has 0 aliphatic heterocycles. The van der Waals surface area contributed by atoms with E-state index in [4.69, 9.17) is 4.74 Å². The fourth-order valence-electron chi connectivity index (χ4n) is 2.57. The highest BCUT2D eigenvalue weighted by atomic mass is 16.5. The summed E-state index contributed by atoms with van der Waals surface area (Å²) >= 11 is 0. The van der Waals surface area contributed by atoms with Gasteiger partial charge < -0.3 is 15.0 Å². The summed E-state index contributed by atoms with van der Waals surface area (Å²) in [4.78, 5) is 39.1. The highest BCUT2D eigenvalue weighted by molar-refractivity contribution is 6.10. The number of amides is 1. The number of H-pyrrole nitrogens is 1. The van der Waals surface area contributed by atoms with Gasteiger partial charge in [-0.25, -0.2) is 4.79 Å². The minimum absolute atomic E-state index is 0.141. The predicted molar refractivity (Wildman–Crippen MR) is 90.6 cm³/mol. The first-order valence-electron chi connectivity index (χ1n) is 7.64. The summed E-state index contributed by atoms with van der Waals surface area (Å²) in [5.41, 5.74) is 2.58. The van der Waals surface area contributed by atoms with Crippen molar-refractivity contribution in [3.05, 3.63) is 52.3 Å². The summed E-state index contributed by atoms with van der Waals surface area (Å²) in [7, 11) is 0. The molecule has 0 fully saturated rings. The average Bonchev–Trinajstić information content (AvgIpc) is 2.82. The van der Waals surface area contributed by atoms with Crippen LogP contribution in [-0.4, -0.2) is 29.3 Å². The number of benzene rings is 1. The number of carbonyl (C=O) groups excluding carboxylic acids is 3. The van der Waals surface area contributed by atoms with Crippen LogP contribution in [0.25, 0.3) is 0 Å². The van der Waals surface area contributed by atoms with E-state index in [0.29, 0.717) is 28.1 Å². The Morgan fingerprint density at radius 2 is 1.83 bits per heavy atom. The molecule has 0 unspecified atom stereocenters. The van der Waals surface area contributed by atoms with E-state index in [1.165, 1.54) is 6.92 Å². The van der Waals surface area contributed by atoms with E-state index in [2.05, 4.69) is 10.3 Å².